The van der Waals surface area contributed by atoms with Gasteiger partial charge in [-0.1, -0.05) is 18.2 Å². The van der Waals surface area contributed by atoms with Crippen LogP contribution in [0.5, 0.6) is 5.75 Å². The molecule has 0 atom stereocenters. The van der Waals surface area contributed by atoms with Gasteiger partial charge in [-0.25, -0.2) is 4.79 Å². The van der Waals surface area contributed by atoms with Gasteiger partial charge in [0.25, 0.3) is 0 Å². The lowest BCUT2D eigenvalue weighted by atomic mass is 9.77. The van der Waals surface area contributed by atoms with Gasteiger partial charge in [0, 0.05) is 11.6 Å². The van der Waals surface area contributed by atoms with Crippen LogP contribution < -0.4 is 10.2 Å². The number of hydrogen-bond donors (Lipinski definition) is 0. The molecular formula is C23H27BN2O5. The van der Waals surface area contributed by atoms with Crippen LogP contribution in [0.25, 0.3) is 10.9 Å². The van der Waals surface area contributed by atoms with Crippen molar-refractivity contribution in [3.05, 3.63) is 53.7 Å². The summed E-state index contributed by atoms with van der Waals surface area (Å²) in [7, 11) is 2.42. The first-order valence-corrected chi connectivity index (χ1v) is 10.2. The summed E-state index contributed by atoms with van der Waals surface area (Å²) < 4.78 is 24.4. The van der Waals surface area contributed by atoms with E-state index in [1.165, 1.54) is 7.11 Å². The van der Waals surface area contributed by atoms with E-state index >= 15 is 0 Å². The maximum atomic E-state index is 12.5. The third kappa shape index (κ3) is 3.93. The van der Waals surface area contributed by atoms with Crippen LogP contribution in [-0.2, 0) is 20.6 Å². The lowest BCUT2D eigenvalue weighted by Crippen LogP contribution is -2.41. The molecule has 0 amide bonds. The Labute approximate surface area is 182 Å². The summed E-state index contributed by atoms with van der Waals surface area (Å²) in [5, 5.41) is 5.47. The van der Waals surface area contributed by atoms with Gasteiger partial charge in [-0.3, -0.25) is 4.68 Å². The number of nitrogens with zero attached hydrogens (tertiary/aromatic N) is 2. The number of hydrogen-bond acceptors (Lipinski definition) is 6. The van der Waals surface area contributed by atoms with Crippen molar-refractivity contribution in [2.75, 3.05) is 14.2 Å². The quantitative estimate of drug-likeness (QED) is 0.465. The van der Waals surface area contributed by atoms with Gasteiger partial charge in [-0.05, 0) is 56.9 Å². The van der Waals surface area contributed by atoms with Gasteiger partial charge in [-0.2, -0.15) is 5.10 Å². The molecule has 1 aromatic heterocycles. The molecule has 0 aliphatic carbocycles. The Morgan fingerprint density at radius 3 is 2.29 bits per heavy atom. The van der Waals surface area contributed by atoms with E-state index in [2.05, 4.69) is 5.10 Å². The standard InChI is InChI=1S/C23H27BN2O5/c1-22(2)23(3,4)31-24(30-22)17-11-16-14-26(13-15-7-9-18(28-5)10-8-15)25-20(16)19(12-17)21(27)29-6/h7-12,14H,13H2,1-6H3. The molecule has 0 radical (unpaired) electrons. The second-order valence-electron chi connectivity index (χ2n) is 8.76. The molecule has 0 saturated carbocycles. The molecule has 4 rings (SSSR count). The molecule has 1 aliphatic rings. The zero-order valence-electron chi connectivity index (χ0n) is 18.8. The number of carbonyl (C=O) groups is 1. The molecule has 1 aliphatic heterocycles. The third-order valence-corrected chi connectivity index (χ3v) is 6.11. The minimum atomic E-state index is -0.581. The van der Waals surface area contributed by atoms with Crippen LogP contribution in [0, 0.1) is 0 Å². The maximum Gasteiger partial charge on any atom is 0.494 e. The van der Waals surface area contributed by atoms with Crippen molar-refractivity contribution < 1.29 is 23.6 Å². The minimum absolute atomic E-state index is 0.387. The predicted octanol–water partition coefficient (Wildman–Crippen LogP) is 3.18. The molecule has 2 aromatic carbocycles. The number of fused-ring (bicyclic) bond motifs is 1. The molecule has 8 heteroatoms. The van der Waals surface area contributed by atoms with E-state index in [-0.39, 0.29) is 0 Å². The molecule has 0 unspecified atom stereocenters. The number of ether oxygens (including phenoxy) is 2. The van der Waals surface area contributed by atoms with Gasteiger partial charge in [0.2, 0.25) is 0 Å². The van der Waals surface area contributed by atoms with Gasteiger partial charge in [-0.15, -0.1) is 0 Å². The smallest absolute Gasteiger partial charge is 0.494 e. The van der Waals surface area contributed by atoms with E-state index < -0.39 is 24.3 Å². The fourth-order valence-corrected chi connectivity index (χ4v) is 3.59. The average Bonchev–Trinajstić information content (AvgIpc) is 3.23. The van der Waals surface area contributed by atoms with Crippen LogP contribution in [0.3, 0.4) is 0 Å². The number of esters is 1. The Morgan fingerprint density at radius 2 is 1.71 bits per heavy atom. The summed E-state index contributed by atoms with van der Waals surface area (Å²) in [6.45, 7) is 8.56. The fraction of sp³-hybridized carbons (Fsp3) is 0.391. The van der Waals surface area contributed by atoms with Crippen molar-refractivity contribution >= 4 is 29.5 Å². The predicted molar refractivity (Wildman–Crippen MR) is 119 cm³/mol. The lowest BCUT2D eigenvalue weighted by Gasteiger charge is -2.32. The Bertz CT molecular complexity index is 1100. The Balaban J connectivity index is 1.72. The molecule has 0 N–H and O–H groups in total. The van der Waals surface area contributed by atoms with E-state index in [0.29, 0.717) is 17.6 Å². The van der Waals surface area contributed by atoms with Crippen molar-refractivity contribution in [3.63, 3.8) is 0 Å². The normalized spacial score (nSPS) is 17.2. The number of rotatable bonds is 5. The molecule has 0 spiro atoms. The SMILES string of the molecule is COC(=O)c1cc(B2OC(C)(C)C(C)(C)O2)cc2cn(Cc3ccc(OC)cc3)nc12. The number of benzene rings is 2. The van der Waals surface area contributed by atoms with Crippen LogP contribution in [0.2, 0.25) is 0 Å². The highest BCUT2D eigenvalue weighted by molar-refractivity contribution is 6.62. The first kappa shape index (κ1) is 21.4. The summed E-state index contributed by atoms with van der Waals surface area (Å²) in [6.07, 6.45) is 1.92. The van der Waals surface area contributed by atoms with E-state index in [1.54, 1.807) is 13.2 Å². The lowest BCUT2D eigenvalue weighted by molar-refractivity contribution is 0.00578. The number of methoxy groups -OCH3 is 2. The summed E-state index contributed by atoms with van der Waals surface area (Å²) in [5.74, 6) is 0.354. The Morgan fingerprint density at radius 1 is 1.06 bits per heavy atom. The minimum Gasteiger partial charge on any atom is -0.497 e. The number of carbonyl (C=O) groups excluding carboxylic acids is 1. The molecular weight excluding hydrogens is 395 g/mol. The molecule has 1 fully saturated rings. The van der Waals surface area contributed by atoms with Crippen LogP contribution in [0.4, 0.5) is 0 Å². The molecule has 7 nitrogen and oxygen atoms in total. The maximum absolute atomic E-state index is 12.5. The second-order valence-corrected chi connectivity index (χ2v) is 8.76. The van der Waals surface area contributed by atoms with Gasteiger partial charge in [0.1, 0.15) is 11.3 Å². The highest BCUT2D eigenvalue weighted by Gasteiger charge is 2.51. The summed E-state index contributed by atoms with van der Waals surface area (Å²) >= 11 is 0. The van der Waals surface area contributed by atoms with E-state index in [1.807, 2.05) is 68.9 Å². The van der Waals surface area contributed by atoms with Crippen molar-refractivity contribution in [2.45, 2.75) is 45.4 Å². The van der Waals surface area contributed by atoms with Crippen molar-refractivity contribution in [3.8, 4) is 5.75 Å². The summed E-state index contributed by atoms with van der Waals surface area (Å²) in [6, 6.07) is 11.5. The molecule has 1 saturated heterocycles. The molecule has 0 bridgehead atoms. The Hall–Kier alpha value is -2.84. The van der Waals surface area contributed by atoms with E-state index in [9.17, 15) is 4.79 Å². The van der Waals surface area contributed by atoms with Gasteiger partial charge in [0.15, 0.2) is 0 Å². The molecule has 3 aromatic rings. The van der Waals surface area contributed by atoms with Gasteiger partial charge < -0.3 is 18.8 Å². The van der Waals surface area contributed by atoms with Crippen LogP contribution >= 0.6 is 0 Å². The van der Waals surface area contributed by atoms with E-state index in [0.717, 1.165) is 22.2 Å². The fourth-order valence-electron chi connectivity index (χ4n) is 3.59. The van der Waals surface area contributed by atoms with Crippen molar-refractivity contribution in [1.29, 1.82) is 0 Å². The summed E-state index contributed by atoms with van der Waals surface area (Å²) in [5.41, 5.74) is 1.85. The average molecular weight is 422 g/mol. The molecule has 162 valence electrons. The molecule has 31 heavy (non-hydrogen) atoms. The van der Waals surface area contributed by atoms with Crippen LogP contribution in [-0.4, -0.2) is 48.3 Å². The largest absolute Gasteiger partial charge is 0.497 e. The van der Waals surface area contributed by atoms with Gasteiger partial charge >= 0.3 is 13.1 Å². The van der Waals surface area contributed by atoms with Crippen LogP contribution in [0.15, 0.2) is 42.6 Å². The monoisotopic (exact) mass is 422 g/mol. The van der Waals surface area contributed by atoms with Gasteiger partial charge in [0.05, 0.1) is 37.5 Å². The van der Waals surface area contributed by atoms with Crippen molar-refractivity contribution in [1.82, 2.24) is 9.78 Å². The Kier molecular flexibility index (Phi) is 5.31. The number of aromatic nitrogens is 2. The summed E-state index contributed by atoms with van der Waals surface area (Å²) in [4.78, 5) is 12.5. The topological polar surface area (TPSA) is 71.8 Å². The third-order valence-electron chi connectivity index (χ3n) is 6.11. The zero-order valence-corrected chi connectivity index (χ0v) is 18.8. The molecule has 2 heterocycles. The zero-order chi connectivity index (χ0) is 22.4. The highest BCUT2D eigenvalue weighted by atomic mass is 16.7. The van der Waals surface area contributed by atoms with Crippen molar-refractivity contribution in [2.24, 2.45) is 0 Å². The second kappa shape index (κ2) is 7.69. The van der Waals surface area contributed by atoms with E-state index in [4.69, 9.17) is 18.8 Å². The first-order chi connectivity index (χ1) is 14.6. The van der Waals surface area contributed by atoms with Crippen LogP contribution in [0.1, 0.15) is 43.6 Å². The highest BCUT2D eigenvalue weighted by Crippen LogP contribution is 2.36. The first-order valence-electron chi connectivity index (χ1n) is 10.2.